The summed E-state index contributed by atoms with van der Waals surface area (Å²) in [5.41, 5.74) is -6.06. The van der Waals surface area contributed by atoms with Gasteiger partial charge in [0.2, 0.25) is 0 Å². The van der Waals surface area contributed by atoms with Crippen LogP contribution in [0, 0.1) is 0 Å². The van der Waals surface area contributed by atoms with E-state index in [0.717, 1.165) is 0 Å². The first-order chi connectivity index (χ1) is 7.00. The van der Waals surface area contributed by atoms with Crippen molar-refractivity contribution >= 4 is 8.56 Å². The molecule has 0 atom stereocenters. The summed E-state index contributed by atoms with van der Waals surface area (Å²) in [6, 6.07) is 0. The lowest BCUT2D eigenvalue weighted by Crippen LogP contribution is -2.83. The van der Waals surface area contributed by atoms with Crippen LogP contribution in [-0.4, -0.2) is 32.1 Å². The predicted octanol–water partition coefficient (Wildman–Crippen LogP) is 0.809. The van der Waals surface area contributed by atoms with Gasteiger partial charge in [0.15, 0.2) is 0 Å². The number of rotatable bonds is 3. The van der Waals surface area contributed by atoms with Gasteiger partial charge in [0.05, 0.1) is 0 Å². The van der Waals surface area contributed by atoms with Crippen LogP contribution in [0.1, 0.15) is 0 Å². The van der Waals surface area contributed by atoms with E-state index in [2.05, 4.69) is 16.2 Å². The van der Waals surface area contributed by atoms with Crippen molar-refractivity contribution in [3.63, 3.8) is 0 Å². The van der Waals surface area contributed by atoms with Crippen molar-refractivity contribution in [2.45, 2.75) is 23.6 Å². The Bertz CT molecular complexity index is 264. The van der Waals surface area contributed by atoms with Gasteiger partial charge < -0.3 is 16.2 Å². The number of nitrogens with two attached hydrogens (primary N) is 3. The third-order valence-electron chi connectivity index (χ3n) is 1.69. The predicted molar refractivity (Wildman–Crippen MR) is 39.2 cm³/mol. The van der Waals surface area contributed by atoms with Crippen molar-refractivity contribution in [3.8, 4) is 0 Å². The molecule has 0 unspecified atom stereocenters. The lowest BCUT2D eigenvalue weighted by Gasteiger charge is -2.37. The Morgan fingerprint density at radius 3 is 1.06 bits per heavy atom. The average Bonchev–Trinajstić information content (AvgIpc) is 1.98. The molecule has 0 bridgehead atoms. The van der Waals surface area contributed by atoms with Gasteiger partial charge >= 0.3 is 32.1 Å². The van der Waals surface area contributed by atoms with Crippen LogP contribution in [0.5, 0.6) is 0 Å². The van der Waals surface area contributed by atoms with Crippen LogP contribution in [0.4, 0.5) is 39.5 Å². The van der Waals surface area contributed by atoms with Crippen LogP contribution in [0.3, 0.4) is 0 Å². The molecular weight excluding hydrogens is 289 g/mol. The fraction of sp³-hybridized carbons (Fsp3) is 1.00. The monoisotopic (exact) mass is 295 g/mol. The van der Waals surface area contributed by atoms with E-state index in [1.54, 1.807) is 0 Å². The number of alkyl halides is 9. The van der Waals surface area contributed by atoms with Crippen LogP contribution in [-0.2, 0) is 0 Å². The van der Waals surface area contributed by atoms with Gasteiger partial charge in [0.1, 0.15) is 0 Å². The zero-order chi connectivity index (χ0) is 14.5. The van der Waals surface area contributed by atoms with E-state index in [1.807, 2.05) is 0 Å². The SMILES string of the molecule is N[Si](N)(N)C(F)(F)C(F)(F)C(F)(F)C(F)(F)F. The maximum Gasteiger partial charge on any atom is 0.460 e. The molecule has 0 amide bonds. The maximum absolute atomic E-state index is 12.7. The van der Waals surface area contributed by atoms with E-state index >= 15 is 0 Å². The molecule has 17 heavy (non-hydrogen) atoms. The van der Waals surface area contributed by atoms with Gasteiger partial charge in [0, 0.05) is 0 Å². The number of hydrogen-bond donors (Lipinski definition) is 3. The molecule has 0 heterocycles. The maximum atomic E-state index is 12.7. The highest BCUT2D eigenvalue weighted by Crippen LogP contribution is 2.53. The largest absolute Gasteiger partial charge is 0.460 e. The third-order valence-corrected chi connectivity index (χ3v) is 3.09. The molecule has 13 heteroatoms. The van der Waals surface area contributed by atoms with Gasteiger partial charge in [0.25, 0.3) is 0 Å². The van der Waals surface area contributed by atoms with Crippen molar-refractivity contribution in [1.82, 2.24) is 0 Å². The fourth-order valence-electron chi connectivity index (χ4n) is 0.647. The summed E-state index contributed by atoms with van der Waals surface area (Å²) < 4.78 is 110. The van der Waals surface area contributed by atoms with Crippen molar-refractivity contribution in [2.24, 2.45) is 16.2 Å². The first-order valence-electron chi connectivity index (χ1n) is 3.57. The normalized spacial score (nSPS) is 16.2. The highest BCUT2D eigenvalue weighted by molar-refractivity contribution is 6.73. The first-order valence-corrected chi connectivity index (χ1v) is 5.80. The molecule has 0 saturated heterocycles. The molecule has 3 nitrogen and oxygen atoms in total. The Labute approximate surface area is 89.0 Å². The summed E-state index contributed by atoms with van der Waals surface area (Å²) in [6.07, 6.45) is -6.90. The molecule has 0 saturated carbocycles. The Kier molecular flexibility index (Phi) is 3.61. The third kappa shape index (κ3) is 2.23. The summed E-state index contributed by atoms with van der Waals surface area (Å²) >= 11 is 0. The van der Waals surface area contributed by atoms with E-state index in [0.29, 0.717) is 0 Å². The average molecular weight is 295 g/mol. The van der Waals surface area contributed by atoms with Gasteiger partial charge in [-0.1, -0.05) is 0 Å². The smallest absolute Gasteiger partial charge is 0.323 e. The summed E-state index contributed by atoms with van der Waals surface area (Å²) in [4.78, 5) is 0. The molecule has 0 aliphatic carbocycles. The number of halogens is 9. The second kappa shape index (κ2) is 3.73. The fourth-order valence-corrected chi connectivity index (χ4v) is 1.35. The quantitative estimate of drug-likeness (QED) is 0.532. The second-order valence-electron chi connectivity index (χ2n) is 3.15. The summed E-state index contributed by atoms with van der Waals surface area (Å²) in [6.45, 7) is 0. The van der Waals surface area contributed by atoms with Crippen molar-refractivity contribution in [1.29, 1.82) is 0 Å². The minimum Gasteiger partial charge on any atom is -0.323 e. The van der Waals surface area contributed by atoms with E-state index in [4.69, 9.17) is 0 Å². The van der Waals surface area contributed by atoms with Crippen LogP contribution in [0.15, 0.2) is 0 Å². The lowest BCUT2D eigenvalue weighted by molar-refractivity contribution is -0.384. The van der Waals surface area contributed by atoms with Crippen LogP contribution >= 0.6 is 0 Å². The van der Waals surface area contributed by atoms with Crippen molar-refractivity contribution in [3.05, 3.63) is 0 Å². The van der Waals surface area contributed by atoms with Gasteiger partial charge in [-0.3, -0.25) is 0 Å². The first kappa shape index (κ1) is 16.5. The topological polar surface area (TPSA) is 78.1 Å². The molecule has 0 aliphatic heterocycles. The van der Waals surface area contributed by atoms with Crippen LogP contribution in [0.25, 0.3) is 0 Å². The summed E-state index contributed by atoms with van der Waals surface area (Å²) in [5, 5.41) is 12.6. The highest BCUT2D eigenvalue weighted by atomic mass is 28.4. The van der Waals surface area contributed by atoms with Gasteiger partial charge in [-0.2, -0.15) is 39.5 Å². The zero-order valence-electron chi connectivity index (χ0n) is 7.63. The molecule has 0 spiro atoms. The molecular formula is C4H6F9N3Si. The molecule has 0 aromatic carbocycles. The lowest BCUT2D eigenvalue weighted by atomic mass is 10.1. The molecule has 0 aromatic rings. The Balaban J connectivity index is 5.73. The number of hydrogen-bond acceptors (Lipinski definition) is 3. The summed E-state index contributed by atoms with van der Waals surface area (Å²) in [7, 11) is -5.77. The van der Waals surface area contributed by atoms with Gasteiger partial charge in [-0.25, -0.2) is 0 Å². The van der Waals surface area contributed by atoms with E-state index in [1.165, 1.54) is 0 Å². The summed E-state index contributed by atoms with van der Waals surface area (Å²) in [5.74, 6) is -13.9. The molecule has 0 radical (unpaired) electrons. The Morgan fingerprint density at radius 1 is 0.588 bits per heavy atom. The second-order valence-corrected chi connectivity index (χ2v) is 5.65. The van der Waals surface area contributed by atoms with Gasteiger partial charge in [-0.05, 0) is 0 Å². The molecule has 104 valence electrons. The molecule has 0 aliphatic rings. The molecule has 0 rings (SSSR count). The minimum atomic E-state index is -7.01. The Morgan fingerprint density at radius 2 is 0.882 bits per heavy atom. The van der Waals surface area contributed by atoms with Crippen LogP contribution < -0.4 is 16.2 Å². The Hall–Kier alpha value is -0.533. The van der Waals surface area contributed by atoms with E-state index in [-0.39, 0.29) is 0 Å². The molecule has 6 N–H and O–H groups in total. The zero-order valence-corrected chi connectivity index (χ0v) is 8.63. The highest BCUT2D eigenvalue weighted by Gasteiger charge is 2.85. The standard InChI is InChI=1S/C4H6F9N3Si/c5-1(6,3(9,10)11)2(7,8)4(12,13)17(14,15)16/h14-16H2. The van der Waals surface area contributed by atoms with Crippen molar-refractivity contribution in [2.75, 3.05) is 0 Å². The molecule has 0 aromatic heterocycles. The van der Waals surface area contributed by atoms with E-state index in [9.17, 15) is 39.5 Å². The van der Waals surface area contributed by atoms with Crippen molar-refractivity contribution < 1.29 is 39.5 Å². The van der Waals surface area contributed by atoms with Gasteiger partial charge in [-0.15, -0.1) is 0 Å². The minimum absolute atomic E-state index is 4.20. The van der Waals surface area contributed by atoms with E-state index < -0.39 is 32.1 Å². The molecule has 0 fully saturated rings. The van der Waals surface area contributed by atoms with Crippen LogP contribution in [0.2, 0.25) is 0 Å².